The normalized spacial score (nSPS) is 10.2. The molecule has 2 rings (SSSR count). The maximum Gasteiger partial charge on any atom is 0.273 e. The van der Waals surface area contributed by atoms with Crippen molar-refractivity contribution < 1.29 is 14.4 Å². The number of nitro groups is 1. The maximum atomic E-state index is 10.8. The summed E-state index contributed by atoms with van der Waals surface area (Å²) in [6.07, 6.45) is 1.41. The Labute approximate surface area is 127 Å². The molecule has 1 aromatic carbocycles. The van der Waals surface area contributed by atoms with Gasteiger partial charge in [0.1, 0.15) is 0 Å². The number of hydrogen-bond donors (Lipinski definition) is 0. The van der Waals surface area contributed by atoms with Crippen molar-refractivity contribution in [2.24, 2.45) is 0 Å². The number of ether oxygens (including phenoxy) is 2. The van der Waals surface area contributed by atoms with E-state index >= 15 is 0 Å². The Morgan fingerprint density at radius 3 is 2.70 bits per heavy atom. The quantitative estimate of drug-likeness (QED) is 0.604. The van der Waals surface area contributed by atoms with Crippen molar-refractivity contribution in [1.29, 1.82) is 0 Å². The van der Waals surface area contributed by atoms with Gasteiger partial charge in [0.05, 0.1) is 27.6 Å². The molecule has 20 heavy (non-hydrogen) atoms. The molecular formula is C12H8BrClN2O4. The monoisotopic (exact) mass is 358 g/mol. The molecule has 2 aromatic rings. The predicted octanol–water partition coefficient (Wildman–Crippen LogP) is 4.21. The van der Waals surface area contributed by atoms with E-state index in [4.69, 9.17) is 21.1 Å². The molecule has 0 fully saturated rings. The number of nitro benzene ring substituents is 1. The highest BCUT2D eigenvalue weighted by Gasteiger charge is 2.15. The number of hydrogen-bond acceptors (Lipinski definition) is 5. The summed E-state index contributed by atoms with van der Waals surface area (Å²) < 4.78 is 11.2. The number of methoxy groups -OCH3 is 1. The van der Waals surface area contributed by atoms with E-state index in [9.17, 15) is 10.1 Å². The number of rotatable bonds is 4. The largest absolute Gasteiger partial charge is 0.493 e. The van der Waals surface area contributed by atoms with Gasteiger partial charge in [-0.1, -0.05) is 11.6 Å². The summed E-state index contributed by atoms with van der Waals surface area (Å²) in [6.45, 7) is 0. The molecule has 0 aliphatic carbocycles. The molecule has 1 heterocycles. The molecule has 0 bridgehead atoms. The Morgan fingerprint density at radius 1 is 1.35 bits per heavy atom. The fourth-order valence-electron chi connectivity index (χ4n) is 1.44. The second-order valence-electron chi connectivity index (χ2n) is 3.63. The van der Waals surface area contributed by atoms with Crippen LogP contribution in [0.5, 0.6) is 17.4 Å². The minimum Gasteiger partial charge on any atom is -0.493 e. The average molecular weight is 360 g/mol. The highest BCUT2D eigenvalue weighted by atomic mass is 79.9. The van der Waals surface area contributed by atoms with Crippen molar-refractivity contribution in [2.45, 2.75) is 0 Å². The van der Waals surface area contributed by atoms with Gasteiger partial charge in [-0.3, -0.25) is 10.1 Å². The standard InChI is InChI=1S/C12H8BrClN2O4/c1-19-10-3-2-8(16(17)18)5-11(10)20-12-9(13)4-7(14)6-15-12/h2-6H,1H3. The van der Waals surface area contributed by atoms with E-state index in [0.717, 1.165) is 0 Å². The lowest BCUT2D eigenvalue weighted by atomic mass is 10.3. The van der Waals surface area contributed by atoms with Gasteiger partial charge in [0.15, 0.2) is 11.5 Å². The first-order chi connectivity index (χ1) is 9.51. The molecule has 0 unspecified atom stereocenters. The summed E-state index contributed by atoms with van der Waals surface area (Å²) in [5, 5.41) is 11.2. The average Bonchev–Trinajstić information content (AvgIpc) is 2.41. The van der Waals surface area contributed by atoms with Crippen LogP contribution in [0.2, 0.25) is 5.02 Å². The van der Waals surface area contributed by atoms with Gasteiger partial charge in [-0.15, -0.1) is 0 Å². The van der Waals surface area contributed by atoms with Crippen molar-refractivity contribution in [3.8, 4) is 17.4 Å². The van der Waals surface area contributed by atoms with E-state index in [-0.39, 0.29) is 17.3 Å². The number of aromatic nitrogens is 1. The zero-order chi connectivity index (χ0) is 14.7. The molecule has 0 aliphatic rings. The number of nitrogens with zero attached hydrogens (tertiary/aromatic N) is 2. The van der Waals surface area contributed by atoms with Crippen molar-refractivity contribution in [2.75, 3.05) is 7.11 Å². The Bertz CT molecular complexity index is 666. The summed E-state index contributed by atoms with van der Waals surface area (Å²) in [5.74, 6) is 0.782. The fraction of sp³-hybridized carbons (Fsp3) is 0.0833. The molecule has 0 saturated carbocycles. The molecular weight excluding hydrogens is 351 g/mol. The van der Waals surface area contributed by atoms with Crippen molar-refractivity contribution >= 4 is 33.2 Å². The van der Waals surface area contributed by atoms with E-state index in [1.807, 2.05) is 0 Å². The van der Waals surface area contributed by atoms with Crippen LogP contribution >= 0.6 is 27.5 Å². The van der Waals surface area contributed by atoms with Crippen LogP contribution in [0.15, 0.2) is 34.9 Å². The minimum absolute atomic E-state index is 0.106. The lowest BCUT2D eigenvalue weighted by Gasteiger charge is -2.10. The summed E-state index contributed by atoms with van der Waals surface area (Å²) in [6, 6.07) is 5.66. The SMILES string of the molecule is COc1ccc([N+](=O)[O-])cc1Oc1ncc(Cl)cc1Br. The number of pyridine rings is 1. The van der Waals surface area contributed by atoms with Gasteiger partial charge < -0.3 is 9.47 Å². The molecule has 0 aliphatic heterocycles. The summed E-state index contributed by atoms with van der Waals surface area (Å²) in [7, 11) is 1.44. The molecule has 8 heteroatoms. The van der Waals surface area contributed by atoms with E-state index in [1.165, 1.54) is 31.5 Å². The summed E-state index contributed by atoms with van der Waals surface area (Å²) >= 11 is 9.04. The third kappa shape index (κ3) is 3.17. The van der Waals surface area contributed by atoms with Crippen LogP contribution in [0.1, 0.15) is 0 Å². The third-order valence-corrected chi connectivity index (χ3v) is 3.11. The molecule has 0 N–H and O–H groups in total. The van der Waals surface area contributed by atoms with Gasteiger partial charge in [-0.25, -0.2) is 4.98 Å². The molecule has 0 atom stereocenters. The van der Waals surface area contributed by atoms with Gasteiger partial charge >= 0.3 is 0 Å². The first kappa shape index (κ1) is 14.5. The Balaban J connectivity index is 2.40. The van der Waals surface area contributed by atoms with Crippen molar-refractivity contribution in [3.05, 3.63) is 50.1 Å². The molecule has 104 valence electrons. The lowest BCUT2D eigenvalue weighted by molar-refractivity contribution is -0.384. The van der Waals surface area contributed by atoms with Crippen LogP contribution in [0.3, 0.4) is 0 Å². The second kappa shape index (κ2) is 6.06. The van der Waals surface area contributed by atoms with E-state index in [2.05, 4.69) is 20.9 Å². The fourth-order valence-corrected chi connectivity index (χ4v) is 2.16. The summed E-state index contributed by atoms with van der Waals surface area (Å²) in [4.78, 5) is 14.3. The molecule has 1 aromatic heterocycles. The first-order valence-corrected chi connectivity index (χ1v) is 6.49. The lowest BCUT2D eigenvalue weighted by Crippen LogP contribution is -1.95. The zero-order valence-corrected chi connectivity index (χ0v) is 12.5. The number of non-ortho nitro benzene ring substituents is 1. The molecule has 0 spiro atoms. The molecule has 0 saturated heterocycles. The van der Waals surface area contributed by atoms with Gasteiger partial charge in [0.25, 0.3) is 5.69 Å². The summed E-state index contributed by atoms with van der Waals surface area (Å²) in [5.41, 5.74) is -0.106. The highest BCUT2D eigenvalue weighted by molar-refractivity contribution is 9.10. The van der Waals surface area contributed by atoms with Gasteiger partial charge in [0.2, 0.25) is 5.88 Å². The Morgan fingerprint density at radius 2 is 2.10 bits per heavy atom. The Kier molecular flexibility index (Phi) is 4.41. The highest BCUT2D eigenvalue weighted by Crippen LogP contribution is 2.36. The van der Waals surface area contributed by atoms with Gasteiger partial charge in [-0.2, -0.15) is 0 Å². The minimum atomic E-state index is -0.517. The van der Waals surface area contributed by atoms with Crippen LogP contribution in [0, 0.1) is 10.1 Å². The van der Waals surface area contributed by atoms with Crippen LogP contribution in [0.4, 0.5) is 5.69 Å². The predicted molar refractivity (Wildman–Crippen MR) is 76.7 cm³/mol. The van der Waals surface area contributed by atoms with Gasteiger partial charge in [-0.05, 0) is 28.1 Å². The van der Waals surface area contributed by atoms with E-state index in [0.29, 0.717) is 15.2 Å². The third-order valence-electron chi connectivity index (χ3n) is 2.34. The van der Waals surface area contributed by atoms with E-state index in [1.54, 1.807) is 6.07 Å². The van der Waals surface area contributed by atoms with Gasteiger partial charge in [0, 0.05) is 12.3 Å². The topological polar surface area (TPSA) is 74.5 Å². The van der Waals surface area contributed by atoms with Crippen LogP contribution in [-0.2, 0) is 0 Å². The van der Waals surface area contributed by atoms with Crippen LogP contribution < -0.4 is 9.47 Å². The zero-order valence-electron chi connectivity index (χ0n) is 10.2. The maximum absolute atomic E-state index is 10.8. The van der Waals surface area contributed by atoms with Crippen LogP contribution in [0.25, 0.3) is 0 Å². The second-order valence-corrected chi connectivity index (χ2v) is 4.93. The first-order valence-electron chi connectivity index (χ1n) is 5.32. The van der Waals surface area contributed by atoms with Crippen molar-refractivity contribution in [3.63, 3.8) is 0 Å². The molecule has 0 radical (unpaired) electrons. The van der Waals surface area contributed by atoms with Crippen LogP contribution in [-0.4, -0.2) is 17.0 Å². The van der Waals surface area contributed by atoms with E-state index < -0.39 is 4.92 Å². The number of benzene rings is 1. The van der Waals surface area contributed by atoms with Crippen molar-refractivity contribution in [1.82, 2.24) is 4.98 Å². The number of halogens is 2. The molecule has 6 nitrogen and oxygen atoms in total. The molecule has 0 amide bonds. The smallest absolute Gasteiger partial charge is 0.273 e. The Hall–Kier alpha value is -1.86.